The van der Waals surface area contributed by atoms with Gasteiger partial charge in [0.05, 0.1) is 6.04 Å². The van der Waals surface area contributed by atoms with Gasteiger partial charge in [0.15, 0.2) is 0 Å². The molecule has 0 spiro atoms. The van der Waals surface area contributed by atoms with E-state index < -0.39 is 0 Å². The molecule has 2 heterocycles. The minimum atomic E-state index is 0.155. The fourth-order valence-corrected chi connectivity index (χ4v) is 2.54. The first kappa shape index (κ1) is 12.9. The summed E-state index contributed by atoms with van der Waals surface area (Å²) < 4.78 is 0. The molecule has 1 aliphatic rings. The van der Waals surface area contributed by atoms with Gasteiger partial charge in [-0.2, -0.15) is 0 Å². The number of amides is 1. The van der Waals surface area contributed by atoms with Gasteiger partial charge in [-0.3, -0.25) is 4.79 Å². The molecule has 1 amide bonds. The first-order chi connectivity index (χ1) is 8.74. The zero-order valence-corrected chi connectivity index (χ0v) is 11.1. The maximum atomic E-state index is 11.6. The van der Waals surface area contributed by atoms with Gasteiger partial charge in [-0.25, -0.2) is 4.98 Å². The van der Waals surface area contributed by atoms with Gasteiger partial charge in [0.1, 0.15) is 5.82 Å². The highest BCUT2D eigenvalue weighted by Gasteiger charge is 2.29. The Morgan fingerprint density at radius 2 is 2.44 bits per heavy atom. The standard InChI is InChI=1S/C14H21N3O/c1-3-8-15-14-12(6-4-9-16-14)13-7-5-10-17(13)11(2)18/h4,6,9,13H,3,5,7-8,10H2,1-2H3,(H,15,16)/t13-/m0/s1. The summed E-state index contributed by atoms with van der Waals surface area (Å²) in [5.41, 5.74) is 1.15. The highest BCUT2D eigenvalue weighted by atomic mass is 16.2. The van der Waals surface area contributed by atoms with Gasteiger partial charge >= 0.3 is 0 Å². The Bertz CT molecular complexity index is 419. The van der Waals surface area contributed by atoms with E-state index in [1.807, 2.05) is 11.0 Å². The number of rotatable bonds is 4. The Hall–Kier alpha value is -1.58. The van der Waals surface area contributed by atoms with E-state index in [9.17, 15) is 4.79 Å². The van der Waals surface area contributed by atoms with Crippen LogP contribution in [0.4, 0.5) is 5.82 Å². The van der Waals surface area contributed by atoms with Crippen molar-refractivity contribution in [2.75, 3.05) is 18.4 Å². The predicted molar refractivity (Wildman–Crippen MR) is 72.4 cm³/mol. The molecular formula is C14H21N3O. The van der Waals surface area contributed by atoms with Crippen LogP contribution < -0.4 is 5.32 Å². The normalized spacial score (nSPS) is 19.0. The fourth-order valence-electron chi connectivity index (χ4n) is 2.54. The summed E-state index contributed by atoms with van der Waals surface area (Å²) in [5, 5.41) is 3.35. The number of carbonyl (C=O) groups is 1. The van der Waals surface area contributed by atoms with Crippen molar-refractivity contribution in [3.05, 3.63) is 23.9 Å². The maximum Gasteiger partial charge on any atom is 0.219 e. The molecule has 4 heteroatoms. The number of pyridine rings is 1. The number of anilines is 1. The van der Waals surface area contributed by atoms with Gasteiger partial charge in [0.25, 0.3) is 0 Å². The molecule has 1 fully saturated rings. The van der Waals surface area contributed by atoms with Crippen LogP contribution in [0.15, 0.2) is 18.3 Å². The summed E-state index contributed by atoms with van der Waals surface area (Å²) in [7, 11) is 0. The van der Waals surface area contributed by atoms with Crippen LogP contribution in [0.2, 0.25) is 0 Å². The van der Waals surface area contributed by atoms with E-state index in [-0.39, 0.29) is 11.9 Å². The highest BCUT2D eigenvalue weighted by Crippen LogP contribution is 2.34. The number of nitrogens with zero attached hydrogens (tertiary/aromatic N) is 2. The quantitative estimate of drug-likeness (QED) is 0.889. The van der Waals surface area contributed by atoms with E-state index in [0.717, 1.165) is 43.7 Å². The van der Waals surface area contributed by atoms with Crippen molar-refractivity contribution in [2.45, 2.75) is 39.2 Å². The van der Waals surface area contributed by atoms with Crippen molar-refractivity contribution >= 4 is 11.7 Å². The van der Waals surface area contributed by atoms with Crippen molar-refractivity contribution < 1.29 is 4.79 Å². The number of carbonyl (C=O) groups excluding carboxylic acids is 1. The summed E-state index contributed by atoms with van der Waals surface area (Å²) in [6, 6.07) is 4.22. The summed E-state index contributed by atoms with van der Waals surface area (Å²) >= 11 is 0. The molecule has 1 aromatic heterocycles. The molecule has 0 aliphatic carbocycles. The van der Waals surface area contributed by atoms with Crippen LogP contribution in [0.5, 0.6) is 0 Å². The van der Waals surface area contributed by atoms with Gasteiger partial charge in [-0.15, -0.1) is 0 Å². The number of hydrogen-bond donors (Lipinski definition) is 1. The van der Waals surface area contributed by atoms with Crippen LogP contribution in [-0.2, 0) is 4.79 Å². The zero-order chi connectivity index (χ0) is 13.0. The number of hydrogen-bond acceptors (Lipinski definition) is 3. The lowest BCUT2D eigenvalue weighted by atomic mass is 10.1. The minimum Gasteiger partial charge on any atom is -0.370 e. The largest absolute Gasteiger partial charge is 0.370 e. The van der Waals surface area contributed by atoms with Crippen molar-refractivity contribution in [1.29, 1.82) is 0 Å². The molecule has 2 rings (SSSR count). The molecule has 0 unspecified atom stereocenters. The highest BCUT2D eigenvalue weighted by molar-refractivity contribution is 5.74. The Labute approximate surface area is 108 Å². The SMILES string of the molecule is CCCNc1ncccc1[C@@H]1CCCN1C(C)=O. The van der Waals surface area contributed by atoms with Crippen LogP contribution in [0, 0.1) is 0 Å². The van der Waals surface area contributed by atoms with Crippen LogP contribution in [0.1, 0.15) is 44.7 Å². The minimum absolute atomic E-state index is 0.155. The summed E-state index contributed by atoms with van der Waals surface area (Å²) in [6.45, 7) is 5.56. The number of likely N-dealkylation sites (tertiary alicyclic amines) is 1. The third-order valence-corrected chi connectivity index (χ3v) is 3.40. The fraction of sp³-hybridized carbons (Fsp3) is 0.571. The molecule has 1 N–H and O–H groups in total. The average Bonchev–Trinajstić information content (AvgIpc) is 2.86. The Balaban J connectivity index is 2.23. The number of aromatic nitrogens is 1. The molecule has 0 saturated carbocycles. The molecule has 18 heavy (non-hydrogen) atoms. The third-order valence-electron chi connectivity index (χ3n) is 3.40. The molecule has 1 aromatic rings. The molecule has 98 valence electrons. The second-order valence-corrected chi connectivity index (χ2v) is 4.74. The Morgan fingerprint density at radius 3 is 3.17 bits per heavy atom. The van der Waals surface area contributed by atoms with Gasteiger partial charge in [-0.05, 0) is 25.3 Å². The lowest BCUT2D eigenvalue weighted by Crippen LogP contribution is -2.28. The van der Waals surface area contributed by atoms with Crippen molar-refractivity contribution in [3.8, 4) is 0 Å². The van der Waals surface area contributed by atoms with E-state index in [1.165, 1.54) is 0 Å². The molecule has 0 aromatic carbocycles. The molecule has 1 saturated heterocycles. The predicted octanol–water partition coefficient (Wildman–Crippen LogP) is 2.59. The summed E-state index contributed by atoms with van der Waals surface area (Å²) in [4.78, 5) is 18.0. The van der Waals surface area contributed by atoms with Crippen LogP contribution in [-0.4, -0.2) is 28.9 Å². The van der Waals surface area contributed by atoms with Gasteiger partial charge in [0, 0.05) is 31.8 Å². The second kappa shape index (κ2) is 5.85. The van der Waals surface area contributed by atoms with Gasteiger partial charge in [-0.1, -0.05) is 13.0 Å². The van der Waals surface area contributed by atoms with Crippen LogP contribution in [0.25, 0.3) is 0 Å². The lowest BCUT2D eigenvalue weighted by Gasteiger charge is -2.25. The van der Waals surface area contributed by atoms with Crippen LogP contribution >= 0.6 is 0 Å². The molecule has 0 radical (unpaired) electrons. The van der Waals surface area contributed by atoms with E-state index in [1.54, 1.807) is 13.1 Å². The van der Waals surface area contributed by atoms with Gasteiger partial charge in [0.2, 0.25) is 5.91 Å². The zero-order valence-electron chi connectivity index (χ0n) is 11.1. The summed E-state index contributed by atoms with van der Waals surface area (Å²) in [5.74, 6) is 1.08. The first-order valence-corrected chi connectivity index (χ1v) is 6.70. The Morgan fingerprint density at radius 1 is 1.61 bits per heavy atom. The molecule has 0 bridgehead atoms. The Kier molecular flexibility index (Phi) is 4.18. The van der Waals surface area contributed by atoms with E-state index in [4.69, 9.17) is 0 Å². The monoisotopic (exact) mass is 247 g/mol. The average molecular weight is 247 g/mol. The first-order valence-electron chi connectivity index (χ1n) is 6.70. The van der Waals surface area contributed by atoms with E-state index >= 15 is 0 Å². The summed E-state index contributed by atoms with van der Waals surface area (Å²) in [6.07, 6.45) is 4.98. The van der Waals surface area contributed by atoms with Crippen molar-refractivity contribution in [2.24, 2.45) is 0 Å². The third kappa shape index (κ3) is 2.63. The van der Waals surface area contributed by atoms with Gasteiger partial charge < -0.3 is 10.2 Å². The van der Waals surface area contributed by atoms with E-state index in [0.29, 0.717) is 0 Å². The van der Waals surface area contributed by atoms with Crippen LogP contribution in [0.3, 0.4) is 0 Å². The smallest absolute Gasteiger partial charge is 0.219 e. The van der Waals surface area contributed by atoms with E-state index in [2.05, 4.69) is 23.3 Å². The molecule has 4 nitrogen and oxygen atoms in total. The van der Waals surface area contributed by atoms with Crippen molar-refractivity contribution in [3.63, 3.8) is 0 Å². The number of nitrogens with one attached hydrogen (secondary N) is 1. The second-order valence-electron chi connectivity index (χ2n) is 4.74. The molecular weight excluding hydrogens is 226 g/mol. The molecule has 1 aliphatic heterocycles. The van der Waals surface area contributed by atoms with Crippen molar-refractivity contribution in [1.82, 2.24) is 9.88 Å². The topological polar surface area (TPSA) is 45.2 Å². The lowest BCUT2D eigenvalue weighted by molar-refractivity contribution is -0.129. The maximum absolute atomic E-state index is 11.6. The molecule has 1 atom stereocenters.